The number of halogens is 2. The molecule has 0 saturated heterocycles. The lowest BCUT2D eigenvalue weighted by atomic mass is 10.1. The Morgan fingerprint density at radius 2 is 2.04 bits per heavy atom. The van der Waals surface area contributed by atoms with E-state index in [1.54, 1.807) is 25.2 Å². The minimum Gasteiger partial charge on any atom is -0.496 e. The molecule has 5 nitrogen and oxygen atoms in total. The topological polar surface area (TPSA) is 55.6 Å². The van der Waals surface area contributed by atoms with Gasteiger partial charge in [-0.1, -0.05) is 17.7 Å². The van der Waals surface area contributed by atoms with Gasteiger partial charge in [0.15, 0.2) is 0 Å². The highest BCUT2D eigenvalue weighted by atomic mass is 35.5. The van der Waals surface area contributed by atoms with E-state index < -0.39 is 4.92 Å². The molecule has 2 rings (SSSR count). The zero-order valence-corrected chi connectivity index (χ0v) is 13.5. The van der Waals surface area contributed by atoms with Crippen LogP contribution in [0.1, 0.15) is 11.1 Å². The summed E-state index contributed by atoms with van der Waals surface area (Å²) in [5, 5.41) is 11.3. The maximum atomic E-state index is 13.8. The van der Waals surface area contributed by atoms with Crippen molar-refractivity contribution in [1.29, 1.82) is 0 Å². The summed E-state index contributed by atoms with van der Waals surface area (Å²) in [5.74, 6) is 0.164. The van der Waals surface area contributed by atoms with Crippen LogP contribution in [-0.2, 0) is 13.1 Å². The molecule has 0 radical (unpaired) electrons. The van der Waals surface area contributed by atoms with Crippen molar-refractivity contribution in [2.24, 2.45) is 0 Å². The third-order valence-electron chi connectivity index (χ3n) is 3.40. The third-order valence-corrected chi connectivity index (χ3v) is 3.76. The van der Waals surface area contributed by atoms with Crippen LogP contribution in [0.2, 0.25) is 5.02 Å². The Labute approximate surface area is 138 Å². The van der Waals surface area contributed by atoms with Gasteiger partial charge in [-0.15, -0.1) is 0 Å². The van der Waals surface area contributed by atoms with Crippen molar-refractivity contribution >= 4 is 17.3 Å². The van der Waals surface area contributed by atoms with Crippen molar-refractivity contribution in [1.82, 2.24) is 4.90 Å². The van der Waals surface area contributed by atoms with Crippen LogP contribution in [0.4, 0.5) is 10.1 Å². The Morgan fingerprint density at radius 1 is 1.30 bits per heavy atom. The molecule has 0 atom stereocenters. The number of nitrogens with zero attached hydrogens (tertiary/aromatic N) is 2. The number of ether oxygens (including phenoxy) is 1. The zero-order valence-electron chi connectivity index (χ0n) is 12.8. The zero-order chi connectivity index (χ0) is 17.0. The van der Waals surface area contributed by atoms with E-state index in [2.05, 4.69) is 0 Å². The lowest BCUT2D eigenvalue weighted by Crippen LogP contribution is -2.19. The molecule has 0 fully saturated rings. The van der Waals surface area contributed by atoms with Gasteiger partial charge in [0.25, 0.3) is 5.69 Å². The average molecular weight is 339 g/mol. The van der Waals surface area contributed by atoms with Crippen LogP contribution in [0.25, 0.3) is 0 Å². The van der Waals surface area contributed by atoms with Crippen molar-refractivity contribution in [3.8, 4) is 5.75 Å². The molecule has 0 N–H and O–H groups in total. The summed E-state index contributed by atoms with van der Waals surface area (Å²) in [6.45, 7) is 0.632. The summed E-state index contributed by atoms with van der Waals surface area (Å²) in [6.07, 6.45) is 0. The highest BCUT2D eigenvalue weighted by Gasteiger charge is 2.15. The first-order valence-corrected chi connectivity index (χ1v) is 7.23. The normalized spacial score (nSPS) is 10.8. The lowest BCUT2D eigenvalue weighted by Gasteiger charge is -2.19. The maximum absolute atomic E-state index is 13.8. The van der Waals surface area contributed by atoms with E-state index in [0.29, 0.717) is 28.4 Å². The largest absolute Gasteiger partial charge is 0.496 e. The van der Waals surface area contributed by atoms with Crippen LogP contribution < -0.4 is 4.74 Å². The van der Waals surface area contributed by atoms with Gasteiger partial charge in [-0.25, -0.2) is 4.39 Å². The Balaban J connectivity index is 2.21. The molecule has 0 heterocycles. The molecule has 0 aliphatic heterocycles. The molecule has 2 aromatic rings. The second-order valence-corrected chi connectivity index (χ2v) is 5.53. The molecule has 122 valence electrons. The van der Waals surface area contributed by atoms with Gasteiger partial charge in [-0.2, -0.15) is 0 Å². The van der Waals surface area contributed by atoms with Crippen LogP contribution in [0.5, 0.6) is 5.75 Å². The average Bonchev–Trinajstić information content (AvgIpc) is 2.51. The molecule has 0 aliphatic rings. The van der Waals surface area contributed by atoms with E-state index in [0.717, 1.165) is 0 Å². The number of benzene rings is 2. The fourth-order valence-corrected chi connectivity index (χ4v) is 2.52. The summed E-state index contributed by atoms with van der Waals surface area (Å²) >= 11 is 6.02. The van der Waals surface area contributed by atoms with Crippen LogP contribution in [0.3, 0.4) is 0 Å². The Hall–Kier alpha value is -2.18. The summed E-state index contributed by atoms with van der Waals surface area (Å²) in [4.78, 5) is 12.3. The molecule has 0 aromatic heterocycles. The molecule has 23 heavy (non-hydrogen) atoms. The monoisotopic (exact) mass is 338 g/mol. The van der Waals surface area contributed by atoms with Gasteiger partial charge in [0.1, 0.15) is 11.6 Å². The molecule has 0 spiro atoms. The number of rotatable bonds is 6. The smallest absolute Gasteiger partial charge is 0.270 e. The lowest BCUT2D eigenvalue weighted by molar-refractivity contribution is -0.384. The number of hydrogen-bond donors (Lipinski definition) is 0. The van der Waals surface area contributed by atoms with E-state index in [9.17, 15) is 14.5 Å². The van der Waals surface area contributed by atoms with Gasteiger partial charge in [0.2, 0.25) is 0 Å². The number of nitro benzene ring substituents is 1. The van der Waals surface area contributed by atoms with E-state index in [1.807, 2.05) is 4.90 Å². The highest BCUT2D eigenvalue weighted by Crippen LogP contribution is 2.26. The van der Waals surface area contributed by atoms with Crippen molar-refractivity contribution in [3.05, 3.63) is 68.5 Å². The van der Waals surface area contributed by atoms with Crippen molar-refractivity contribution < 1.29 is 14.1 Å². The summed E-state index contributed by atoms with van der Waals surface area (Å²) in [7, 11) is 3.28. The molecular formula is C16H16ClFN2O3. The number of nitro groups is 1. The minimum atomic E-state index is -0.462. The molecule has 0 aliphatic carbocycles. The fraction of sp³-hybridized carbons (Fsp3) is 0.250. The SMILES string of the molecule is COc1ccc([N+](=O)[O-])cc1CN(C)Cc1c(F)cccc1Cl. The van der Waals surface area contributed by atoms with Crippen LogP contribution in [0.15, 0.2) is 36.4 Å². The highest BCUT2D eigenvalue weighted by molar-refractivity contribution is 6.31. The molecule has 0 saturated carbocycles. The standard InChI is InChI=1S/C16H16ClFN2O3/c1-19(10-13-14(17)4-3-5-15(13)18)9-11-8-12(20(21)22)6-7-16(11)23-2/h3-8H,9-10H2,1-2H3. The first-order valence-electron chi connectivity index (χ1n) is 6.85. The van der Waals surface area contributed by atoms with Crippen LogP contribution in [-0.4, -0.2) is 24.0 Å². The van der Waals surface area contributed by atoms with Crippen molar-refractivity contribution in [2.45, 2.75) is 13.1 Å². The Bertz CT molecular complexity index is 704. The molecule has 0 amide bonds. The number of hydrogen-bond acceptors (Lipinski definition) is 4. The van der Waals surface area contributed by atoms with Gasteiger partial charge in [-0.05, 0) is 25.2 Å². The van der Waals surface area contributed by atoms with E-state index in [1.165, 1.54) is 25.3 Å². The quantitative estimate of drug-likeness (QED) is 0.589. The van der Waals surface area contributed by atoms with Gasteiger partial charge in [0.05, 0.1) is 12.0 Å². The summed E-state index contributed by atoms with van der Waals surface area (Å²) in [6, 6.07) is 8.92. The first-order chi connectivity index (χ1) is 10.9. The van der Waals surface area contributed by atoms with E-state index in [4.69, 9.17) is 16.3 Å². The second kappa shape index (κ2) is 7.39. The molecular weight excluding hydrogens is 323 g/mol. The van der Waals surface area contributed by atoms with Gasteiger partial charge < -0.3 is 4.74 Å². The second-order valence-electron chi connectivity index (χ2n) is 5.13. The predicted octanol–water partition coefficient (Wildman–Crippen LogP) is 4.03. The van der Waals surface area contributed by atoms with E-state index in [-0.39, 0.29) is 18.0 Å². The van der Waals surface area contributed by atoms with Gasteiger partial charge in [-0.3, -0.25) is 15.0 Å². The predicted molar refractivity (Wildman–Crippen MR) is 86.2 cm³/mol. The van der Waals surface area contributed by atoms with Crippen LogP contribution in [0, 0.1) is 15.9 Å². The van der Waals surface area contributed by atoms with E-state index >= 15 is 0 Å². The third kappa shape index (κ3) is 4.18. The molecule has 2 aromatic carbocycles. The number of non-ortho nitro benzene ring substituents is 1. The molecule has 0 unspecified atom stereocenters. The van der Waals surface area contributed by atoms with Gasteiger partial charge in [0, 0.05) is 41.4 Å². The molecule has 0 bridgehead atoms. The summed E-state index contributed by atoms with van der Waals surface area (Å²) in [5.41, 5.74) is 1.02. The van der Waals surface area contributed by atoms with Crippen LogP contribution >= 0.6 is 11.6 Å². The Kier molecular flexibility index (Phi) is 5.52. The number of methoxy groups -OCH3 is 1. The van der Waals surface area contributed by atoms with Crippen molar-refractivity contribution in [2.75, 3.05) is 14.2 Å². The fourth-order valence-electron chi connectivity index (χ4n) is 2.30. The molecule has 7 heteroatoms. The minimum absolute atomic E-state index is 0.0156. The summed E-state index contributed by atoms with van der Waals surface area (Å²) < 4.78 is 19.1. The van der Waals surface area contributed by atoms with Gasteiger partial charge >= 0.3 is 0 Å². The maximum Gasteiger partial charge on any atom is 0.270 e. The Morgan fingerprint density at radius 3 is 2.65 bits per heavy atom. The first kappa shape index (κ1) is 17.2. The van der Waals surface area contributed by atoms with Crippen molar-refractivity contribution in [3.63, 3.8) is 0 Å².